The monoisotopic (exact) mass is 202 g/mol. The van der Waals surface area contributed by atoms with Crippen LogP contribution >= 0.6 is 0 Å². The average molecular weight is 202 g/mol. The van der Waals surface area contributed by atoms with Crippen LogP contribution in [0.4, 0.5) is 9.59 Å². The van der Waals surface area contributed by atoms with Crippen LogP contribution < -0.4 is 5.43 Å². The Balaban J connectivity index is 2.50. The van der Waals surface area contributed by atoms with Gasteiger partial charge in [0, 0.05) is 0 Å². The lowest BCUT2D eigenvalue weighted by molar-refractivity contribution is 0.115. The molecule has 76 valence electrons. The van der Waals surface area contributed by atoms with Crippen molar-refractivity contribution in [2.45, 2.75) is 6.42 Å². The topological polar surface area (TPSA) is 117 Å². The molecule has 0 aliphatic carbocycles. The summed E-state index contributed by atoms with van der Waals surface area (Å²) in [5.41, 5.74) is 2.24. The molecule has 0 aromatic heterocycles. The van der Waals surface area contributed by atoms with Crippen LogP contribution in [0.15, 0.2) is 17.1 Å². The van der Waals surface area contributed by atoms with Crippen LogP contribution in [0, 0.1) is 0 Å². The van der Waals surface area contributed by atoms with E-state index in [1.165, 1.54) is 6.20 Å². The summed E-state index contributed by atoms with van der Waals surface area (Å²) in [5.74, 6) is -0.181. The Morgan fingerprint density at radius 1 is 1.36 bits per heavy atom. The molecule has 0 bridgehead atoms. The highest BCUT2D eigenvalue weighted by Crippen LogP contribution is 2.09. The molecule has 0 atom stereocenters. The lowest BCUT2D eigenvalue weighted by atomic mass is 10.3. The molecular weight excluding hydrogens is 196 g/mol. The molecule has 0 spiro atoms. The first-order chi connectivity index (χ1) is 6.58. The fraction of sp³-hybridized carbons (Fsp3) is 0.167. The van der Waals surface area contributed by atoms with E-state index in [0.29, 0.717) is 0 Å². The lowest BCUT2D eigenvalue weighted by Crippen LogP contribution is -2.20. The summed E-state index contributed by atoms with van der Waals surface area (Å²) < 4.78 is 8.46. The lowest BCUT2D eigenvalue weighted by Gasteiger charge is -2.11. The van der Waals surface area contributed by atoms with Crippen molar-refractivity contribution in [1.29, 1.82) is 0 Å². The largest absolute Gasteiger partial charge is 0.512 e. The van der Waals surface area contributed by atoms with Crippen molar-refractivity contribution >= 4 is 18.2 Å². The Kier molecular flexibility index (Phi) is 2.89. The van der Waals surface area contributed by atoms with Gasteiger partial charge >= 0.3 is 12.3 Å². The molecule has 8 heteroatoms. The van der Waals surface area contributed by atoms with E-state index in [1.54, 1.807) is 0 Å². The molecular formula is C6H6N2O6. The third-order valence-electron chi connectivity index (χ3n) is 1.16. The van der Waals surface area contributed by atoms with Gasteiger partial charge in [-0.1, -0.05) is 0 Å². The van der Waals surface area contributed by atoms with E-state index in [-0.39, 0.29) is 18.1 Å². The van der Waals surface area contributed by atoms with Crippen LogP contribution in [0.25, 0.3) is 0 Å². The molecule has 1 aliphatic heterocycles. The van der Waals surface area contributed by atoms with Crippen LogP contribution in [0.1, 0.15) is 6.42 Å². The molecule has 0 aromatic rings. The fourth-order valence-electron chi connectivity index (χ4n) is 0.753. The summed E-state index contributed by atoms with van der Waals surface area (Å²) >= 11 is 0. The third-order valence-corrected chi connectivity index (χ3v) is 1.16. The highest BCUT2D eigenvalue weighted by Gasteiger charge is 2.16. The van der Waals surface area contributed by atoms with Gasteiger partial charge in [-0.25, -0.2) is 9.59 Å². The highest BCUT2D eigenvalue weighted by atomic mass is 16.7. The smallest absolute Gasteiger partial charge is 0.449 e. The number of rotatable bonds is 1. The molecule has 0 unspecified atom stereocenters. The molecule has 0 radical (unpaired) electrons. The summed E-state index contributed by atoms with van der Waals surface area (Å²) in [6.07, 6.45) is -1.97. The number of carbonyl (C=O) groups is 2. The van der Waals surface area contributed by atoms with Gasteiger partial charge in [-0.2, -0.15) is 0 Å². The highest BCUT2D eigenvalue weighted by molar-refractivity contribution is 5.87. The fourth-order valence-corrected chi connectivity index (χ4v) is 0.753. The maximum Gasteiger partial charge on any atom is 0.512 e. The zero-order valence-electron chi connectivity index (χ0n) is 6.76. The molecule has 0 amide bonds. The molecule has 1 heterocycles. The van der Waals surface area contributed by atoms with Crippen molar-refractivity contribution in [3.8, 4) is 0 Å². The van der Waals surface area contributed by atoms with Gasteiger partial charge in [0.1, 0.15) is 5.76 Å². The summed E-state index contributed by atoms with van der Waals surface area (Å²) in [7, 11) is 0. The quantitative estimate of drug-likeness (QED) is 0.530. The van der Waals surface area contributed by atoms with E-state index in [1.807, 2.05) is 0 Å². The first kappa shape index (κ1) is 9.84. The van der Waals surface area contributed by atoms with Crippen LogP contribution in [-0.4, -0.2) is 28.4 Å². The molecule has 0 fully saturated rings. The summed E-state index contributed by atoms with van der Waals surface area (Å²) in [6, 6.07) is 0. The number of carboxylic acid groups (broad SMARTS) is 2. The normalized spacial score (nSPS) is 14.6. The molecule has 8 nitrogen and oxygen atoms in total. The van der Waals surface area contributed by atoms with Gasteiger partial charge in [-0.05, 0) is 0 Å². The zero-order valence-corrected chi connectivity index (χ0v) is 6.76. The molecule has 0 aromatic carbocycles. The molecule has 0 saturated carbocycles. The number of hydrogen-bond acceptors (Lipinski definition) is 6. The van der Waals surface area contributed by atoms with Gasteiger partial charge in [0.05, 0.1) is 12.6 Å². The number of nitrogens with one attached hydrogen (secondary N) is 1. The predicted molar refractivity (Wildman–Crippen MR) is 41.5 cm³/mol. The standard InChI is InChI=1S/C6H6N2O6/c9-5(10)13-3-1-4(8-7-2-3)14-6(11)12/h2,7H,1H2,(H,9,10)(H,11,12). The maximum absolute atomic E-state index is 10.1. The van der Waals surface area contributed by atoms with E-state index in [4.69, 9.17) is 10.2 Å². The number of ether oxygens (including phenoxy) is 2. The maximum atomic E-state index is 10.1. The number of hydrogen-bond donors (Lipinski definition) is 3. The Bertz CT molecular complexity index is 290. The van der Waals surface area contributed by atoms with Gasteiger partial charge in [0.25, 0.3) is 0 Å². The van der Waals surface area contributed by atoms with Crippen molar-refractivity contribution in [3.05, 3.63) is 12.0 Å². The SMILES string of the molecule is O=C(O)OC1=CNN=C(OC(=O)O)C1. The van der Waals surface area contributed by atoms with Gasteiger partial charge in [-0.15, -0.1) is 5.10 Å². The molecule has 1 aliphatic rings. The molecule has 1 rings (SSSR count). The van der Waals surface area contributed by atoms with Crippen LogP contribution in [0.2, 0.25) is 0 Å². The third kappa shape index (κ3) is 3.01. The minimum absolute atomic E-state index is 0.00347. The van der Waals surface area contributed by atoms with Gasteiger partial charge < -0.3 is 19.7 Å². The van der Waals surface area contributed by atoms with Crippen molar-refractivity contribution < 1.29 is 29.3 Å². The Labute approximate surface area is 77.4 Å². The second-order valence-corrected chi connectivity index (χ2v) is 2.16. The number of nitrogens with zero attached hydrogens (tertiary/aromatic N) is 1. The second-order valence-electron chi connectivity index (χ2n) is 2.16. The van der Waals surface area contributed by atoms with Crippen molar-refractivity contribution in [2.75, 3.05) is 0 Å². The van der Waals surface area contributed by atoms with E-state index in [0.717, 1.165) is 0 Å². The van der Waals surface area contributed by atoms with Crippen molar-refractivity contribution in [2.24, 2.45) is 5.10 Å². The van der Waals surface area contributed by atoms with Crippen LogP contribution in [0.5, 0.6) is 0 Å². The Morgan fingerprint density at radius 2 is 2.00 bits per heavy atom. The molecule has 14 heavy (non-hydrogen) atoms. The Morgan fingerprint density at radius 3 is 2.57 bits per heavy atom. The minimum Gasteiger partial charge on any atom is -0.449 e. The Hall–Kier alpha value is -2.25. The summed E-state index contributed by atoms with van der Waals surface area (Å²) in [6.45, 7) is 0. The zero-order chi connectivity index (χ0) is 10.6. The van der Waals surface area contributed by atoms with Gasteiger partial charge in [0.15, 0.2) is 0 Å². The first-order valence-electron chi connectivity index (χ1n) is 3.40. The number of hydrazone groups is 1. The van der Waals surface area contributed by atoms with Crippen LogP contribution in [-0.2, 0) is 9.47 Å². The van der Waals surface area contributed by atoms with E-state index in [2.05, 4.69) is 20.0 Å². The summed E-state index contributed by atoms with van der Waals surface area (Å²) in [5, 5.41) is 19.9. The van der Waals surface area contributed by atoms with E-state index >= 15 is 0 Å². The van der Waals surface area contributed by atoms with E-state index in [9.17, 15) is 9.59 Å². The second kappa shape index (κ2) is 4.12. The van der Waals surface area contributed by atoms with Crippen molar-refractivity contribution in [3.63, 3.8) is 0 Å². The molecule has 3 N–H and O–H groups in total. The predicted octanol–water partition coefficient (Wildman–Crippen LogP) is 0.524. The first-order valence-corrected chi connectivity index (χ1v) is 3.40. The summed E-state index contributed by atoms with van der Waals surface area (Å²) in [4.78, 5) is 20.2. The van der Waals surface area contributed by atoms with Crippen molar-refractivity contribution in [1.82, 2.24) is 5.43 Å². The van der Waals surface area contributed by atoms with Gasteiger partial charge in [-0.3, -0.25) is 5.43 Å². The van der Waals surface area contributed by atoms with E-state index < -0.39 is 12.3 Å². The van der Waals surface area contributed by atoms with Gasteiger partial charge in [0.2, 0.25) is 5.90 Å². The average Bonchev–Trinajstić information content (AvgIpc) is 2.01. The molecule has 0 saturated heterocycles. The minimum atomic E-state index is -1.53. The van der Waals surface area contributed by atoms with Crippen LogP contribution in [0.3, 0.4) is 0 Å².